The molecular weight excluding hydrogens is 262 g/mol. The number of hydrogen-bond donors (Lipinski definition) is 2. The average Bonchev–Trinajstić information content (AvgIpc) is 2.49. The third-order valence-electron chi connectivity index (χ3n) is 4.28. The Balaban J connectivity index is 2.00. The number of carbonyl (C=O) groups is 1. The molecule has 2 unspecified atom stereocenters. The minimum atomic E-state index is 0.0379. The monoisotopic (exact) mass is 289 g/mol. The number of para-hydroxylation sites is 1. The summed E-state index contributed by atoms with van der Waals surface area (Å²) in [6.45, 7) is 6.27. The van der Waals surface area contributed by atoms with Gasteiger partial charge in [0.25, 0.3) is 5.91 Å². The third kappa shape index (κ3) is 4.21. The third-order valence-corrected chi connectivity index (χ3v) is 4.28. The molecule has 4 heteroatoms. The molecule has 1 heterocycles. The van der Waals surface area contributed by atoms with Crippen molar-refractivity contribution in [3.05, 3.63) is 29.8 Å². The largest absolute Gasteiger partial charge is 0.384 e. The van der Waals surface area contributed by atoms with Crippen molar-refractivity contribution in [3.63, 3.8) is 0 Å². The van der Waals surface area contributed by atoms with Crippen molar-refractivity contribution in [2.24, 2.45) is 0 Å². The van der Waals surface area contributed by atoms with Crippen molar-refractivity contribution < 1.29 is 4.79 Å². The molecule has 21 heavy (non-hydrogen) atoms. The van der Waals surface area contributed by atoms with Gasteiger partial charge in [-0.3, -0.25) is 4.79 Å². The Bertz CT molecular complexity index is 475. The van der Waals surface area contributed by atoms with E-state index in [0.29, 0.717) is 6.04 Å². The fraction of sp³-hybridized carbons (Fsp3) is 0.588. The Morgan fingerprint density at radius 3 is 2.86 bits per heavy atom. The number of likely N-dealkylation sites (tertiary alicyclic amines) is 1. The van der Waals surface area contributed by atoms with Crippen LogP contribution in [0.1, 0.15) is 43.5 Å². The second-order valence-electron chi connectivity index (χ2n) is 6.00. The quantitative estimate of drug-likeness (QED) is 0.876. The standard InChI is InChI=1S/C17H27N3O/c1-4-10-18-16-8-6-5-7-15(16)17(21)19-14-9-11-20(3)13(2)12-14/h5-8,13-14,18H,4,9-12H2,1-3H3,(H,19,21). The average molecular weight is 289 g/mol. The molecule has 1 aromatic carbocycles. The Kier molecular flexibility index (Phi) is 5.62. The van der Waals surface area contributed by atoms with Crippen LogP contribution in [0.15, 0.2) is 24.3 Å². The number of benzene rings is 1. The highest BCUT2D eigenvalue weighted by atomic mass is 16.1. The van der Waals surface area contributed by atoms with Gasteiger partial charge in [0.1, 0.15) is 0 Å². The van der Waals surface area contributed by atoms with E-state index in [2.05, 4.69) is 36.4 Å². The minimum absolute atomic E-state index is 0.0379. The van der Waals surface area contributed by atoms with Crippen molar-refractivity contribution in [3.8, 4) is 0 Å². The zero-order valence-corrected chi connectivity index (χ0v) is 13.4. The number of piperidine rings is 1. The Morgan fingerprint density at radius 2 is 2.14 bits per heavy atom. The molecule has 1 fully saturated rings. The first-order valence-corrected chi connectivity index (χ1v) is 7.95. The molecule has 1 aromatic rings. The van der Waals surface area contributed by atoms with Crippen molar-refractivity contribution in [2.45, 2.75) is 45.2 Å². The fourth-order valence-corrected chi connectivity index (χ4v) is 2.78. The van der Waals surface area contributed by atoms with E-state index in [0.717, 1.165) is 43.6 Å². The van der Waals surface area contributed by atoms with E-state index >= 15 is 0 Å². The van der Waals surface area contributed by atoms with E-state index in [9.17, 15) is 4.79 Å². The molecule has 116 valence electrons. The van der Waals surface area contributed by atoms with Gasteiger partial charge < -0.3 is 15.5 Å². The summed E-state index contributed by atoms with van der Waals surface area (Å²) in [4.78, 5) is 14.9. The first kappa shape index (κ1) is 15.8. The maximum Gasteiger partial charge on any atom is 0.253 e. The molecule has 2 N–H and O–H groups in total. The Hall–Kier alpha value is -1.55. The molecule has 2 rings (SSSR count). The molecule has 1 aliphatic heterocycles. The fourth-order valence-electron chi connectivity index (χ4n) is 2.78. The molecule has 0 spiro atoms. The molecule has 0 radical (unpaired) electrons. The predicted octanol–water partition coefficient (Wildman–Crippen LogP) is 2.72. The molecule has 0 aromatic heterocycles. The van der Waals surface area contributed by atoms with E-state index in [-0.39, 0.29) is 11.9 Å². The van der Waals surface area contributed by atoms with Crippen LogP contribution in [0.4, 0.5) is 5.69 Å². The van der Waals surface area contributed by atoms with Crippen LogP contribution >= 0.6 is 0 Å². The van der Waals surface area contributed by atoms with Crippen molar-refractivity contribution in [2.75, 3.05) is 25.5 Å². The van der Waals surface area contributed by atoms with Crippen LogP contribution in [0.5, 0.6) is 0 Å². The lowest BCUT2D eigenvalue weighted by atomic mass is 9.98. The van der Waals surface area contributed by atoms with Gasteiger partial charge in [0, 0.05) is 30.9 Å². The number of hydrogen-bond acceptors (Lipinski definition) is 3. The van der Waals surface area contributed by atoms with Crippen molar-refractivity contribution >= 4 is 11.6 Å². The summed E-state index contributed by atoms with van der Waals surface area (Å²) in [6, 6.07) is 8.56. The van der Waals surface area contributed by atoms with E-state index in [1.807, 2.05) is 24.3 Å². The summed E-state index contributed by atoms with van der Waals surface area (Å²) < 4.78 is 0. The zero-order chi connectivity index (χ0) is 15.2. The predicted molar refractivity (Wildman–Crippen MR) is 87.8 cm³/mol. The van der Waals surface area contributed by atoms with Gasteiger partial charge in [-0.1, -0.05) is 19.1 Å². The maximum atomic E-state index is 12.5. The number of nitrogens with one attached hydrogen (secondary N) is 2. The molecular formula is C17H27N3O. The highest BCUT2D eigenvalue weighted by Crippen LogP contribution is 2.18. The van der Waals surface area contributed by atoms with Crippen LogP contribution in [0.2, 0.25) is 0 Å². The lowest BCUT2D eigenvalue weighted by molar-refractivity contribution is 0.0897. The van der Waals surface area contributed by atoms with Gasteiger partial charge in [-0.2, -0.15) is 0 Å². The van der Waals surface area contributed by atoms with Gasteiger partial charge >= 0.3 is 0 Å². The molecule has 0 aliphatic carbocycles. The van der Waals surface area contributed by atoms with Crippen LogP contribution in [0, 0.1) is 0 Å². The van der Waals surface area contributed by atoms with E-state index in [4.69, 9.17) is 0 Å². The van der Waals surface area contributed by atoms with Gasteiger partial charge in [0.15, 0.2) is 0 Å². The second kappa shape index (κ2) is 7.46. The highest BCUT2D eigenvalue weighted by Gasteiger charge is 2.24. The number of amides is 1. The first-order valence-electron chi connectivity index (χ1n) is 7.95. The van der Waals surface area contributed by atoms with Gasteiger partial charge in [0.05, 0.1) is 5.56 Å². The Morgan fingerprint density at radius 1 is 1.38 bits per heavy atom. The van der Waals surface area contributed by atoms with Gasteiger partial charge in [-0.05, 0) is 45.4 Å². The molecule has 2 atom stereocenters. The summed E-state index contributed by atoms with van der Waals surface area (Å²) in [5.74, 6) is 0.0379. The van der Waals surface area contributed by atoms with Crippen molar-refractivity contribution in [1.82, 2.24) is 10.2 Å². The second-order valence-corrected chi connectivity index (χ2v) is 6.00. The number of rotatable bonds is 5. The lowest BCUT2D eigenvalue weighted by Gasteiger charge is -2.35. The maximum absolute atomic E-state index is 12.5. The highest BCUT2D eigenvalue weighted by molar-refractivity contribution is 5.99. The minimum Gasteiger partial charge on any atom is -0.384 e. The van der Waals surface area contributed by atoms with Crippen LogP contribution in [0.3, 0.4) is 0 Å². The summed E-state index contributed by atoms with van der Waals surface area (Å²) in [5, 5.41) is 6.53. The number of nitrogens with zero attached hydrogens (tertiary/aromatic N) is 1. The summed E-state index contributed by atoms with van der Waals surface area (Å²) in [5.41, 5.74) is 1.68. The van der Waals surface area contributed by atoms with Gasteiger partial charge in [0.2, 0.25) is 0 Å². The zero-order valence-electron chi connectivity index (χ0n) is 13.4. The van der Waals surface area contributed by atoms with Gasteiger partial charge in [-0.15, -0.1) is 0 Å². The SMILES string of the molecule is CCCNc1ccccc1C(=O)NC1CCN(C)C(C)C1. The molecule has 1 saturated heterocycles. The number of carbonyl (C=O) groups excluding carboxylic acids is 1. The van der Waals surface area contributed by atoms with Crippen LogP contribution in [-0.4, -0.2) is 43.0 Å². The molecule has 1 amide bonds. The first-order chi connectivity index (χ1) is 10.1. The van der Waals surface area contributed by atoms with Crippen LogP contribution < -0.4 is 10.6 Å². The summed E-state index contributed by atoms with van der Waals surface area (Å²) in [7, 11) is 2.15. The summed E-state index contributed by atoms with van der Waals surface area (Å²) >= 11 is 0. The summed E-state index contributed by atoms with van der Waals surface area (Å²) in [6.07, 6.45) is 3.09. The lowest BCUT2D eigenvalue weighted by Crippen LogP contribution is -2.47. The molecule has 0 saturated carbocycles. The van der Waals surface area contributed by atoms with Crippen LogP contribution in [-0.2, 0) is 0 Å². The number of anilines is 1. The van der Waals surface area contributed by atoms with E-state index < -0.39 is 0 Å². The molecule has 0 bridgehead atoms. The normalized spacial score (nSPS) is 22.8. The van der Waals surface area contributed by atoms with Crippen LogP contribution in [0.25, 0.3) is 0 Å². The molecule has 1 aliphatic rings. The molecule has 4 nitrogen and oxygen atoms in total. The topological polar surface area (TPSA) is 44.4 Å². The Labute approximate surface area is 127 Å². The van der Waals surface area contributed by atoms with Crippen molar-refractivity contribution in [1.29, 1.82) is 0 Å². The van der Waals surface area contributed by atoms with Gasteiger partial charge in [-0.25, -0.2) is 0 Å². The van der Waals surface area contributed by atoms with E-state index in [1.165, 1.54) is 0 Å². The smallest absolute Gasteiger partial charge is 0.253 e. The van der Waals surface area contributed by atoms with E-state index in [1.54, 1.807) is 0 Å².